The van der Waals surface area contributed by atoms with Gasteiger partial charge in [0.1, 0.15) is 11.5 Å². The number of nitrogens with zero attached hydrogens (tertiary/aromatic N) is 2. The number of rotatable bonds is 3. The van der Waals surface area contributed by atoms with Gasteiger partial charge in [0.15, 0.2) is 0 Å². The molecule has 1 aliphatic heterocycles. The number of hydrogen-bond acceptors (Lipinski definition) is 3. The zero-order chi connectivity index (χ0) is 15.7. The van der Waals surface area contributed by atoms with Crippen molar-refractivity contribution in [3.8, 4) is 11.3 Å². The first-order chi connectivity index (χ1) is 10.5. The molecule has 1 saturated heterocycles. The predicted octanol–water partition coefficient (Wildman–Crippen LogP) is 1.16. The second-order valence-corrected chi connectivity index (χ2v) is 5.31. The lowest BCUT2D eigenvalue weighted by Crippen LogP contribution is -2.31. The van der Waals surface area contributed by atoms with Crippen molar-refractivity contribution in [2.24, 2.45) is 11.7 Å². The molecular weight excluding hydrogens is 287 g/mol. The highest BCUT2D eigenvalue weighted by Crippen LogP contribution is 2.21. The molecule has 0 aliphatic carbocycles. The predicted molar refractivity (Wildman–Crippen MR) is 77.2 cm³/mol. The first-order valence-electron chi connectivity index (χ1n) is 6.94. The third-order valence-electron chi connectivity index (χ3n) is 3.83. The summed E-state index contributed by atoms with van der Waals surface area (Å²) >= 11 is 0. The summed E-state index contributed by atoms with van der Waals surface area (Å²) in [5, 5.41) is 6.76. The average molecular weight is 302 g/mol. The normalized spacial score (nSPS) is 17.7. The highest BCUT2D eigenvalue weighted by atomic mass is 19.1. The third-order valence-corrected chi connectivity index (χ3v) is 3.83. The van der Waals surface area contributed by atoms with Crippen LogP contribution in [0.2, 0.25) is 0 Å². The summed E-state index contributed by atoms with van der Waals surface area (Å²) in [7, 11) is 0. The molecule has 3 rings (SSSR count). The number of primary amides is 1. The van der Waals surface area contributed by atoms with Crippen LogP contribution in [0.3, 0.4) is 0 Å². The Hall–Kier alpha value is -2.70. The second-order valence-electron chi connectivity index (χ2n) is 5.31. The van der Waals surface area contributed by atoms with E-state index in [1.165, 1.54) is 12.1 Å². The van der Waals surface area contributed by atoms with Gasteiger partial charge in [-0.15, -0.1) is 0 Å². The number of aromatic nitrogens is 2. The maximum Gasteiger partial charge on any atom is 0.271 e. The van der Waals surface area contributed by atoms with Gasteiger partial charge in [0.05, 0.1) is 11.6 Å². The van der Waals surface area contributed by atoms with Gasteiger partial charge in [-0.25, -0.2) is 4.39 Å². The Balaban J connectivity index is 1.75. The molecule has 0 bridgehead atoms. The molecule has 0 radical (unpaired) electrons. The minimum Gasteiger partial charge on any atom is -0.369 e. The van der Waals surface area contributed by atoms with Crippen molar-refractivity contribution in [2.45, 2.75) is 6.42 Å². The summed E-state index contributed by atoms with van der Waals surface area (Å²) in [4.78, 5) is 25.1. The van der Waals surface area contributed by atoms with Crippen molar-refractivity contribution in [3.63, 3.8) is 0 Å². The molecule has 1 aliphatic rings. The van der Waals surface area contributed by atoms with Crippen LogP contribution in [0.5, 0.6) is 0 Å². The van der Waals surface area contributed by atoms with Crippen molar-refractivity contribution in [3.05, 3.63) is 41.8 Å². The van der Waals surface area contributed by atoms with Crippen LogP contribution in [0.25, 0.3) is 11.3 Å². The molecule has 1 aromatic heterocycles. The molecule has 22 heavy (non-hydrogen) atoms. The molecule has 1 atom stereocenters. The lowest BCUT2D eigenvalue weighted by atomic mass is 10.1. The number of nitrogens with one attached hydrogen (secondary N) is 1. The van der Waals surface area contributed by atoms with Gasteiger partial charge in [-0.2, -0.15) is 5.10 Å². The van der Waals surface area contributed by atoms with E-state index in [2.05, 4.69) is 10.2 Å². The van der Waals surface area contributed by atoms with Gasteiger partial charge < -0.3 is 10.6 Å². The highest BCUT2D eigenvalue weighted by Gasteiger charge is 2.30. The smallest absolute Gasteiger partial charge is 0.271 e. The Bertz CT molecular complexity index is 711. The van der Waals surface area contributed by atoms with Gasteiger partial charge in [-0.1, -0.05) is 0 Å². The van der Waals surface area contributed by atoms with E-state index < -0.39 is 0 Å². The minimum absolute atomic E-state index is 0.218. The van der Waals surface area contributed by atoms with Crippen molar-refractivity contribution >= 4 is 11.8 Å². The molecule has 1 aromatic carbocycles. The second kappa shape index (κ2) is 5.59. The summed E-state index contributed by atoms with van der Waals surface area (Å²) in [6.45, 7) is 0.830. The van der Waals surface area contributed by atoms with Crippen LogP contribution in [-0.4, -0.2) is 40.0 Å². The Kier molecular flexibility index (Phi) is 3.62. The number of benzene rings is 1. The van der Waals surface area contributed by atoms with Crippen molar-refractivity contribution in [2.75, 3.05) is 13.1 Å². The van der Waals surface area contributed by atoms with Gasteiger partial charge >= 0.3 is 0 Å². The average Bonchev–Trinajstić information content (AvgIpc) is 3.17. The fourth-order valence-electron chi connectivity index (χ4n) is 2.55. The van der Waals surface area contributed by atoms with Crippen molar-refractivity contribution < 1.29 is 14.0 Å². The van der Waals surface area contributed by atoms with E-state index in [0.29, 0.717) is 36.5 Å². The summed E-state index contributed by atoms with van der Waals surface area (Å²) in [5.41, 5.74) is 6.88. The molecule has 0 unspecified atom stereocenters. The van der Waals surface area contributed by atoms with E-state index in [0.717, 1.165) is 0 Å². The topological polar surface area (TPSA) is 92.1 Å². The molecular formula is C15H15FN4O2. The monoisotopic (exact) mass is 302 g/mol. The molecule has 3 N–H and O–H groups in total. The van der Waals surface area contributed by atoms with E-state index in [-0.39, 0.29) is 23.5 Å². The van der Waals surface area contributed by atoms with E-state index >= 15 is 0 Å². The SMILES string of the molecule is NC(=O)[C@H]1CCN(C(=O)c2cc(-c3ccc(F)cc3)n[nH]2)C1. The number of amides is 2. The Morgan fingerprint density at radius 1 is 1.32 bits per heavy atom. The fourth-order valence-corrected chi connectivity index (χ4v) is 2.55. The quantitative estimate of drug-likeness (QED) is 0.891. The number of nitrogens with two attached hydrogens (primary N) is 1. The van der Waals surface area contributed by atoms with Crippen LogP contribution >= 0.6 is 0 Å². The van der Waals surface area contributed by atoms with Crippen molar-refractivity contribution in [1.29, 1.82) is 0 Å². The molecule has 0 spiro atoms. The summed E-state index contributed by atoms with van der Waals surface area (Å²) in [6, 6.07) is 7.48. The van der Waals surface area contributed by atoms with Crippen LogP contribution in [0.15, 0.2) is 30.3 Å². The van der Waals surface area contributed by atoms with Gasteiger partial charge in [-0.3, -0.25) is 14.7 Å². The van der Waals surface area contributed by atoms with Crippen LogP contribution < -0.4 is 5.73 Å². The molecule has 6 nitrogen and oxygen atoms in total. The first kappa shape index (κ1) is 14.2. The van der Waals surface area contributed by atoms with Crippen LogP contribution in [0, 0.1) is 11.7 Å². The van der Waals surface area contributed by atoms with Gasteiger partial charge in [-0.05, 0) is 36.8 Å². The highest BCUT2D eigenvalue weighted by molar-refractivity contribution is 5.94. The molecule has 2 heterocycles. The zero-order valence-electron chi connectivity index (χ0n) is 11.8. The largest absolute Gasteiger partial charge is 0.369 e. The molecule has 0 saturated carbocycles. The van der Waals surface area contributed by atoms with Gasteiger partial charge in [0.25, 0.3) is 5.91 Å². The van der Waals surface area contributed by atoms with Crippen LogP contribution in [0.4, 0.5) is 4.39 Å². The third kappa shape index (κ3) is 2.69. The number of H-pyrrole nitrogens is 1. The van der Waals surface area contributed by atoms with Crippen LogP contribution in [-0.2, 0) is 4.79 Å². The standard InChI is InChI=1S/C15H15FN4O2/c16-11-3-1-9(2-4-11)12-7-13(19-18-12)15(22)20-6-5-10(8-20)14(17)21/h1-4,7,10H,5-6,8H2,(H2,17,21)(H,18,19)/t10-/m0/s1. The summed E-state index contributed by atoms with van der Waals surface area (Å²) in [6.07, 6.45) is 0.583. The molecule has 2 aromatic rings. The first-order valence-corrected chi connectivity index (χ1v) is 6.94. The van der Waals surface area contributed by atoms with Gasteiger partial charge in [0.2, 0.25) is 5.91 Å². The number of halogens is 1. The molecule has 1 fully saturated rings. The Labute approximate surface area is 126 Å². The maximum absolute atomic E-state index is 12.9. The number of carbonyl (C=O) groups is 2. The van der Waals surface area contributed by atoms with E-state index in [1.807, 2.05) is 0 Å². The number of aromatic amines is 1. The van der Waals surface area contributed by atoms with E-state index in [1.54, 1.807) is 23.1 Å². The zero-order valence-corrected chi connectivity index (χ0v) is 11.8. The molecule has 2 amide bonds. The maximum atomic E-state index is 12.9. The summed E-state index contributed by atoms with van der Waals surface area (Å²) in [5.74, 6) is -1.22. The minimum atomic E-state index is -0.382. The fraction of sp³-hybridized carbons (Fsp3) is 0.267. The lowest BCUT2D eigenvalue weighted by molar-refractivity contribution is -0.121. The number of hydrogen-bond donors (Lipinski definition) is 2. The van der Waals surface area contributed by atoms with Crippen molar-refractivity contribution in [1.82, 2.24) is 15.1 Å². The van der Waals surface area contributed by atoms with E-state index in [9.17, 15) is 14.0 Å². The molecule has 114 valence electrons. The van der Waals surface area contributed by atoms with Gasteiger partial charge in [0, 0.05) is 18.7 Å². The molecule has 7 heteroatoms. The van der Waals surface area contributed by atoms with Crippen LogP contribution in [0.1, 0.15) is 16.9 Å². The van der Waals surface area contributed by atoms with E-state index in [4.69, 9.17) is 5.73 Å². The lowest BCUT2D eigenvalue weighted by Gasteiger charge is -2.14. The summed E-state index contributed by atoms with van der Waals surface area (Å²) < 4.78 is 12.9. The Morgan fingerprint density at radius 3 is 2.68 bits per heavy atom. The number of carbonyl (C=O) groups excluding carboxylic acids is 2. The number of likely N-dealkylation sites (tertiary alicyclic amines) is 1. The Morgan fingerprint density at radius 2 is 2.05 bits per heavy atom.